The summed E-state index contributed by atoms with van der Waals surface area (Å²) in [6.07, 6.45) is 3.03. The van der Waals surface area contributed by atoms with E-state index in [4.69, 9.17) is 9.47 Å². The molecule has 1 aliphatic rings. The number of fused-ring (bicyclic) bond motifs is 1. The number of aromatic nitrogens is 2. The van der Waals surface area contributed by atoms with E-state index in [0.29, 0.717) is 22.1 Å². The van der Waals surface area contributed by atoms with Gasteiger partial charge in [-0.25, -0.2) is 0 Å². The van der Waals surface area contributed by atoms with Crippen molar-refractivity contribution in [3.8, 4) is 22.1 Å². The number of ether oxygens (including phenoxy) is 2. The SMILES string of the molecule is O=C(C=Cc1ccc([N+](=O)[O-])cc1)NC(Cc1ccccc1)C(=O)Nc1nnc(-c2ccc3c(c2)OCO3)s1. The molecule has 0 bridgehead atoms. The van der Waals surface area contributed by atoms with Crippen molar-refractivity contribution in [3.05, 3.63) is 100 Å². The predicted octanol–water partition coefficient (Wildman–Crippen LogP) is 4.22. The lowest BCUT2D eigenvalue weighted by Gasteiger charge is -2.17. The lowest BCUT2D eigenvalue weighted by molar-refractivity contribution is -0.384. The largest absolute Gasteiger partial charge is 0.454 e. The van der Waals surface area contributed by atoms with Crippen LogP contribution in [0, 0.1) is 10.1 Å². The van der Waals surface area contributed by atoms with Crippen LogP contribution in [0.4, 0.5) is 10.8 Å². The summed E-state index contributed by atoms with van der Waals surface area (Å²) in [5.74, 6) is 0.312. The number of carbonyl (C=O) groups excluding carboxylic acids is 2. The van der Waals surface area contributed by atoms with E-state index in [2.05, 4.69) is 20.8 Å². The third-order valence-corrected chi connectivity index (χ3v) is 6.61. The zero-order valence-corrected chi connectivity index (χ0v) is 21.1. The molecular formula is C27H21N5O6S. The Balaban J connectivity index is 1.27. The Hall–Kier alpha value is -5.10. The number of hydrogen-bond acceptors (Lipinski definition) is 9. The minimum absolute atomic E-state index is 0.0467. The van der Waals surface area contributed by atoms with Gasteiger partial charge in [0.15, 0.2) is 11.5 Å². The summed E-state index contributed by atoms with van der Waals surface area (Å²) < 4.78 is 10.7. The molecule has 1 atom stereocenters. The van der Waals surface area contributed by atoms with Gasteiger partial charge < -0.3 is 14.8 Å². The Labute approximate surface area is 226 Å². The maximum Gasteiger partial charge on any atom is 0.269 e. The second-order valence-electron chi connectivity index (χ2n) is 8.40. The molecule has 0 radical (unpaired) electrons. The van der Waals surface area contributed by atoms with Crippen molar-refractivity contribution >= 4 is 40.0 Å². The third kappa shape index (κ3) is 6.43. The number of benzene rings is 3. The topological polar surface area (TPSA) is 146 Å². The summed E-state index contributed by atoms with van der Waals surface area (Å²) in [4.78, 5) is 36.2. The summed E-state index contributed by atoms with van der Waals surface area (Å²) in [5, 5.41) is 25.4. The Morgan fingerprint density at radius 3 is 2.56 bits per heavy atom. The molecule has 11 nitrogen and oxygen atoms in total. The van der Waals surface area contributed by atoms with Crippen LogP contribution in [-0.4, -0.2) is 39.8 Å². The Morgan fingerprint density at radius 2 is 1.79 bits per heavy atom. The van der Waals surface area contributed by atoms with E-state index in [1.165, 1.54) is 47.8 Å². The summed E-state index contributed by atoms with van der Waals surface area (Å²) in [5.41, 5.74) is 2.18. The highest BCUT2D eigenvalue weighted by molar-refractivity contribution is 7.18. The van der Waals surface area contributed by atoms with E-state index in [-0.39, 0.29) is 24.0 Å². The fourth-order valence-electron chi connectivity index (χ4n) is 3.77. The highest BCUT2D eigenvalue weighted by atomic mass is 32.1. The molecule has 1 unspecified atom stereocenters. The van der Waals surface area contributed by atoms with Crippen molar-refractivity contribution < 1.29 is 24.0 Å². The first kappa shape index (κ1) is 25.5. The van der Waals surface area contributed by atoms with Gasteiger partial charge >= 0.3 is 0 Å². The molecule has 1 aromatic heterocycles. The molecule has 3 aromatic carbocycles. The lowest BCUT2D eigenvalue weighted by atomic mass is 10.1. The quantitative estimate of drug-likeness (QED) is 0.181. The first-order valence-electron chi connectivity index (χ1n) is 11.8. The van der Waals surface area contributed by atoms with Crippen LogP contribution >= 0.6 is 11.3 Å². The Bertz CT molecular complexity index is 1540. The minimum Gasteiger partial charge on any atom is -0.454 e. The molecule has 196 valence electrons. The molecule has 1 aliphatic heterocycles. The first-order chi connectivity index (χ1) is 18.9. The standard InChI is InChI=1S/C27H21N5O6S/c33-24(13-8-17-6-10-20(11-7-17)32(35)36)28-21(14-18-4-2-1-3-5-18)25(34)29-27-31-30-26(39-27)19-9-12-22-23(15-19)38-16-37-22/h1-13,15,21H,14,16H2,(H,28,33)(H,29,31,34). The van der Waals surface area contributed by atoms with Crippen LogP contribution in [0.3, 0.4) is 0 Å². The Morgan fingerprint density at radius 1 is 1.03 bits per heavy atom. The van der Waals surface area contributed by atoms with Gasteiger partial charge in [-0.05, 0) is 47.5 Å². The molecule has 2 amide bonds. The van der Waals surface area contributed by atoms with Crippen LogP contribution in [0.5, 0.6) is 11.5 Å². The smallest absolute Gasteiger partial charge is 0.269 e. The molecule has 0 aliphatic carbocycles. The number of rotatable bonds is 9. The summed E-state index contributed by atoms with van der Waals surface area (Å²) in [6, 6.07) is 19.6. The van der Waals surface area contributed by atoms with Crippen LogP contribution in [-0.2, 0) is 16.0 Å². The maximum absolute atomic E-state index is 13.2. The van der Waals surface area contributed by atoms with Crippen molar-refractivity contribution in [2.75, 3.05) is 12.1 Å². The van der Waals surface area contributed by atoms with E-state index in [1.807, 2.05) is 36.4 Å². The number of anilines is 1. The van der Waals surface area contributed by atoms with Crippen molar-refractivity contribution in [3.63, 3.8) is 0 Å². The predicted molar refractivity (Wildman–Crippen MR) is 144 cm³/mol. The van der Waals surface area contributed by atoms with Crippen LogP contribution in [0.15, 0.2) is 78.9 Å². The zero-order chi connectivity index (χ0) is 27.2. The van der Waals surface area contributed by atoms with Crippen molar-refractivity contribution in [1.29, 1.82) is 0 Å². The van der Waals surface area contributed by atoms with Gasteiger partial charge in [0.2, 0.25) is 23.7 Å². The molecule has 0 saturated heterocycles. The average Bonchev–Trinajstić information content (AvgIpc) is 3.61. The van der Waals surface area contributed by atoms with Gasteiger partial charge in [0.1, 0.15) is 11.0 Å². The number of nitro benzene ring substituents is 1. The molecule has 5 rings (SSSR count). The second-order valence-corrected chi connectivity index (χ2v) is 9.38. The Kier molecular flexibility index (Phi) is 7.55. The van der Waals surface area contributed by atoms with Gasteiger partial charge in [-0.2, -0.15) is 0 Å². The number of hydrogen-bond donors (Lipinski definition) is 2. The normalized spacial score (nSPS) is 12.7. The number of amides is 2. The van der Waals surface area contributed by atoms with Crippen LogP contribution in [0.2, 0.25) is 0 Å². The monoisotopic (exact) mass is 543 g/mol. The fourth-order valence-corrected chi connectivity index (χ4v) is 4.51. The molecular weight excluding hydrogens is 522 g/mol. The summed E-state index contributed by atoms with van der Waals surface area (Å²) in [6.45, 7) is 0.161. The highest BCUT2D eigenvalue weighted by Gasteiger charge is 2.23. The zero-order valence-electron chi connectivity index (χ0n) is 20.3. The minimum atomic E-state index is -0.903. The molecule has 0 spiro atoms. The fraction of sp³-hybridized carbons (Fsp3) is 0.111. The van der Waals surface area contributed by atoms with Gasteiger partial charge in [-0.1, -0.05) is 41.7 Å². The lowest BCUT2D eigenvalue weighted by Crippen LogP contribution is -2.44. The van der Waals surface area contributed by atoms with E-state index in [1.54, 1.807) is 12.1 Å². The third-order valence-electron chi connectivity index (χ3n) is 5.72. The van der Waals surface area contributed by atoms with Gasteiger partial charge in [0.25, 0.3) is 5.69 Å². The van der Waals surface area contributed by atoms with Crippen LogP contribution in [0.25, 0.3) is 16.6 Å². The molecule has 0 fully saturated rings. The molecule has 39 heavy (non-hydrogen) atoms. The number of non-ortho nitro benzene ring substituents is 1. The summed E-state index contributed by atoms with van der Waals surface area (Å²) >= 11 is 1.19. The molecule has 2 N–H and O–H groups in total. The number of carbonyl (C=O) groups is 2. The molecule has 0 saturated carbocycles. The molecule has 12 heteroatoms. The highest BCUT2D eigenvalue weighted by Crippen LogP contribution is 2.37. The number of nitro groups is 1. The van der Waals surface area contributed by atoms with E-state index >= 15 is 0 Å². The van der Waals surface area contributed by atoms with Gasteiger partial charge in [-0.15, -0.1) is 10.2 Å². The van der Waals surface area contributed by atoms with Gasteiger partial charge in [0, 0.05) is 30.2 Å². The van der Waals surface area contributed by atoms with Crippen molar-refractivity contribution in [2.45, 2.75) is 12.5 Å². The first-order valence-corrected chi connectivity index (χ1v) is 12.6. The number of nitrogens with one attached hydrogen (secondary N) is 2. The molecule has 4 aromatic rings. The van der Waals surface area contributed by atoms with Gasteiger partial charge in [0.05, 0.1) is 4.92 Å². The second kappa shape index (κ2) is 11.5. The summed E-state index contributed by atoms with van der Waals surface area (Å²) in [7, 11) is 0. The molecule has 2 heterocycles. The van der Waals surface area contributed by atoms with Crippen LogP contribution < -0.4 is 20.1 Å². The van der Waals surface area contributed by atoms with Crippen molar-refractivity contribution in [2.24, 2.45) is 0 Å². The van der Waals surface area contributed by atoms with E-state index in [9.17, 15) is 19.7 Å². The number of nitrogens with zero attached hydrogens (tertiary/aromatic N) is 3. The maximum atomic E-state index is 13.2. The van der Waals surface area contributed by atoms with E-state index < -0.39 is 22.8 Å². The van der Waals surface area contributed by atoms with Crippen LogP contribution in [0.1, 0.15) is 11.1 Å². The van der Waals surface area contributed by atoms with Crippen molar-refractivity contribution in [1.82, 2.24) is 15.5 Å². The van der Waals surface area contributed by atoms with Gasteiger partial charge in [-0.3, -0.25) is 25.0 Å². The average molecular weight is 544 g/mol. The van der Waals surface area contributed by atoms with E-state index in [0.717, 1.165) is 11.1 Å².